The van der Waals surface area contributed by atoms with Crippen molar-refractivity contribution >= 4 is 21.8 Å². The molecule has 4 rings (SSSR count). The molecule has 2 aromatic carbocycles. The first kappa shape index (κ1) is 11.3. The highest BCUT2D eigenvalue weighted by atomic mass is 15.1. The van der Waals surface area contributed by atoms with E-state index in [1.807, 2.05) is 0 Å². The molecule has 2 N–H and O–H groups in total. The molecule has 0 saturated heterocycles. The fraction of sp³-hybridized carbons (Fsp3) is 0.118. The van der Waals surface area contributed by atoms with Crippen LogP contribution >= 0.6 is 0 Å². The number of hydrogen-bond donors (Lipinski definition) is 2. The fourth-order valence-electron chi connectivity index (χ4n) is 2.70. The number of aromatic amines is 2. The van der Waals surface area contributed by atoms with Crippen LogP contribution in [-0.4, -0.2) is 15.2 Å². The highest BCUT2D eigenvalue weighted by Gasteiger charge is 2.11. The van der Waals surface area contributed by atoms with Gasteiger partial charge in [-0.15, -0.1) is 0 Å². The van der Waals surface area contributed by atoms with Gasteiger partial charge in [0, 0.05) is 16.3 Å². The number of hydrogen-bond acceptors (Lipinski definition) is 1. The highest BCUT2D eigenvalue weighted by Crippen LogP contribution is 2.29. The van der Waals surface area contributed by atoms with Crippen molar-refractivity contribution < 1.29 is 0 Å². The molecule has 0 aliphatic carbocycles. The van der Waals surface area contributed by atoms with Gasteiger partial charge in [-0.25, -0.2) is 0 Å². The average Bonchev–Trinajstić information content (AvgIpc) is 3.00. The van der Waals surface area contributed by atoms with Crippen LogP contribution in [0.2, 0.25) is 0 Å². The van der Waals surface area contributed by atoms with E-state index in [9.17, 15) is 0 Å². The highest BCUT2D eigenvalue weighted by molar-refractivity contribution is 5.96. The summed E-state index contributed by atoms with van der Waals surface area (Å²) < 4.78 is 0. The van der Waals surface area contributed by atoms with Crippen LogP contribution < -0.4 is 0 Å². The molecule has 0 saturated carbocycles. The minimum atomic E-state index is 0.984. The Balaban J connectivity index is 1.98. The molecule has 0 atom stereocenters. The molecule has 0 radical (unpaired) electrons. The van der Waals surface area contributed by atoms with Crippen LogP contribution in [0, 0.1) is 13.8 Å². The van der Waals surface area contributed by atoms with Crippen LogP contribution in [0.25, 0.3) is 33.2 Å². The Morgan fingerprint density at radius 1 is 0.850 bits per heavy atom. The van der Waals surface area contributed by atoms with Crippen molar-refractivity contribution in [3.63, 3.8) is 0 Å². The maximum Gasteiger partial charge on any atom is 0.116 e. The van der Waals surface area contributed by atoms with Crippen molar-refractivity contribution in [2.75, 3.05) is 0 Å². The zero-order valence-electron chi connectivity index (χ0n) is 11.5. The summed E-state index contributed by atoms with van der Waals surface area (Å²) in [6.07, 6.45) is 0. The summed E-state index contributed by atoms with van der Waals surface area (Å²) in [7, 11) is 0. The molecule has 3 nitrogen and oxygen atoms in total. The molecule has 98 valence electrons. The summed E-state index contributed by atoms with van der Waals surface area (Å²) in [5, 5.41) is 9.95. The van der Waals surface area contributed by atoms with Gasteiger partial charge in [-0.3, -0.25) is 5.10 Å². The van der Waals surface area contributed by atoms with Gasteiger partial charge < -0.3 is 4.98 Å². The number of H-pyrrole nitrogens is 2. The van der Waals surface area contributed by atoms with Gasteiger partial charge in [-0.2, -0.15) is 5.10 Å². The Morgan fingerprint density at radius 3 is 2.55 bits per heavy atom. The van der Waals surface area contributed by atoms with Crippen molar-refractivity contribution in [3.05, 3.63) is 53.6 Å². The fourth-order valence-corrected chi connectivity index (χ4v) is 2.70. The number of nitrogens with zero attached hydrogens (tertiary/aromatic N) is 1. The second-order valence-corrected chi connectivity index (χ2v) is 5.39. The van der Waals surface area contributed by atoms with Crippen LogP contribution in [-0.2, 0) is 0 Å². The van der Waals surface area contributed by atoms with E-state index in [4.69, 9.17) is 0 Å². The van der Waals surface area contributed by atoms with Crippen LogP contribution in [0.1, 0.15) is 11.1 Å². The second-order valence-electron chi connectivity index (χ2n) is 5.39. The first-order chi connectivity index (χ1) is 9.70. The lowest BCUT2D eigenvalue weighted by Gasteiger charge is -1.95. The van der Waals surface area contributed by atoms with Crippen molar-refractivity contribution in [2.45, 2.75) is 13.8 Å². The normalized spacial score (nSPS) is 11.5. The number of aromatic nitrogens is 3. The zero-order valence-corrected chi connectivity index (χ0v) is 11.5. The monoisotopic (exact) mass is 261 g/mol. The van der Waals surface area contributed by atoms with E-state index < -0.39 is 0 Å². The van der Waals surface area contributed by atoms with E-state index in [1.54, 1.807) is 0 Å². The predicted molar refractivity (Wildman–Crippen MR) is 82.9 cm³/mol. The first-order valence-electron chi connectivity index (χ1n) is 6.75. The summed E-state index contributed by atoms with van der Waals surface area (Å²) in [6.45, 7) is 4.21. The SMILES string of the molecule is Cc1ccc2cc(-c3n[nH]c4ccc(C)cc34)[nH]c2c1. The van der Waals surface area contributed by atoms with Crippen LogP contribution in [0.15, 0.2) is 42.5 Å². The molecule has 20 heavy (non-hydrogen) atoms. The minimum Gasteiger partial charge on any atom is -0.353 e. The molecule has 2 aromatic heterocycles. The number of rotatable bonds is 1. The van der Waals surface area contributed by atoms with Crippen molar-refractivity contribution in [2.24, 2.45) is 0 Å². The first-order valence-corrected chi connectivity index (χ1v) is 6.75. The Kier molecular flexibility index (Phi) is 2.24. The predicted octanol–water partition coefficient (Wildman–Crippen LogP) is 4.33. The lowest BCUT2D eigenvalue weighted by atomic mass is 10.1. The van der Waals surface area contributed by atoms with Gasteiger partial charge in [-0.05, 0) is 43.7 Å². The van der Waals surface area contributed by atoms with Gasteiger partial charge in [0.1, 0.15) is 5.69 Å². The van der Waals surface area contributed by atoms with Gasteiger partial charge in [-0.1, -0.05) is 23.8 Å². The number of aryl methyl sites for hydroxylation is 2. The van der Waals surface area contributed by atoms with Crippen molar-refractivity contribution in [3.8, 4) is 11.4 Å². The molecule has 0 bridgehead atoms. The summed E-state index contributed by atoms with van der Waals surface area (Å²) >= 11 is 0. The largest absolute Gasteiger partial charge is 0.353 e. The molecule has 0 aliphatic rings. The number of nitrogens with one attached hydrogen (secondary N) is 2. The van der Waals surface area contributed by atoms with E-state index in [0.717, 1.165) is 27.8 Å². The quantitative estimate of drug-likeness (QED) is 0.526. The van der Waals surface area contributed by atoms with Gasteiger partial charge in [0.05, 0.1) is 11.2 Å². The molecular formula is C17H15N3. The van der Waals surface area contributed by atoms with Crippen molar-refractivity contribution in [1.82, 2.24) is 15.2 Å². The van der Waals surface area contributed by atoms with E-state index in [2.05, 4.69) is 71.5 Å². The molecular weight excluding hydrogens is 246 g/mol. The minimum absolute atomic E-state index is 0.984. The third kappa shape index (κ3) is 1.63. The van der Waals surface area contributed by atoms with Gasteiger partial charge in [0.15, 0.2) is 0 Å². The Morgan fingerprint density at radius 2 is 1.65 bits per heavy atom. The zero-order chi connectivity index (χ0) is 13.7. The Labute approximate surface area is 116 Å². The van der Waals surface area contributed by atoms with Crippen LogP contribution in [0.3, 0.4) is 0 Å². The second kappa shape index (κ2) is 3.97. The Bertz CT molecular complexity index is 928. The molecule has 4 aromatic rings. The molecule has 0 unspecified atom stereocenters. The van der Waals surface area contributed by atoms with Gasteiger partial charge in [0.2, 0.25) is 0 Å². The van der Waals surface area contributed by atoms with Crippen LogP contribution in [0.4, 0.5) is 0 Å². The maximum atomic E-state index is 4.47. The van der Waals surface area contributed by atoms with Gasteiger partial charge in [0.25, 0.3) is 0 Å². The van der Waals surface area contributed by atoms with Crippen molar-refractivity contribution in [1.29, 1.82) is 0 Å². The topological polar surface area (TPSA) is 44.5 Å². The lowest BCUT2D eigenvalue weighted by molar-refractivity contribution is 1.12. The van der Waals surface area contributed by atoms with E-state index in [0.29, 0.717) is 0 Å². The summed E-state index contributed by atoms with van der Waals surface area (Å²) in [4.78, 5) is 3.47. The molecule has 3 heteroatoms. The van der Waals surface area contributed by atoms with E-state index >= 15 is 0 Å². The van der Waals surface area contributed by atoms with E-state index in [-0.39, 0.29) is 0 Å². The molecule has 0 fully saturated rings. The lowest BCUT2D eigenvalue weighted by Crippen LogP contribution is -1.79. The molecule has 0 spiro atoms. The van der Waals surface area contributed by atoms with Gasteiger partial charge >= 0.3 is 0 Å². The number of fused-ring (bicyclic) bond motifs is 2. The number of benzene rings is 2. The molecule has 0 amide bonds. The van der Waals surface area contributed by atoms with Crippen LogP contribution in [0.5, 0.6) is 0 Å². The third-order valence-electron chi connectivity index (χ3n) is 3.75. The molecule has 0 aliphatic heterocycles. The summed E-state index contributed by atoms with van der Waals surface area (Å²) in [5.41, 5.74) is 6.77. The third-order valence-corrected chi connectivity index (χ3v) is 3.75. The molecule has 2 heterocycles. The standard InChI is InChI=1S/C17H15N3/c1-10-4-6-14-13(7-10)17(20-19-14)16-9-12-5-3-11(2)8-15(12)18-16/h3-9,18H,1-2H3,(H,19,20). The summed E-state index contributed by atoms with van der Waals surface area (Å²) in [5.74, 6) is 0. The maximum absolute atomic E-state index is 4.47. The average molecular weight is 261 g/mol. The van der Waals surface area contributed by atoms with E-state index in [1.165, 1.54) is 16.5 Å². The smallest absolute Gasteiger partial charge is 0.116 e. The summed E-state index contributed by atoms with van der Waals surface area (Å²) in [6, 6.07) is 14.9. The Hall–Kier alpha value is -2.55.